The summed E-state index contributed by atoms with van der Waals surface area (Å²) in [5, 5.41) is 15.0. The number of hydrogen-bond acceptors (Lipinski definition) is 2. The van der Waals surface area contributed by atoms with Gasteiger partial charge in [0.1, 0.15) is 0 Å². The van der Waals surface area contributed by atoms with Gasteiger partial charge in [-0.3, -0.25) is 5.10 Å². The van der Waals surface area contributed by atoms with Crippen LogP contribution in [0.15, 0.2) is 48.7 Å². The molecule has 0 aliphatic carbocycles. The molecular weight excluding hydrogens is 292 g/mol. The molecule has 0 amide bonds. The minimum Gasteiger partial charge on any atom is -0.332 e. The van der Waals surface area contributed by atoms with Gasteiger partial charge in [-0.1, -0.05) is 26.0 Å². The largest absolute Gasteiger partial charge is 0.332 e. The predicted octanol–water partition coefficient (Wildman–Crippen LogP) is 4.50. The molecule has 2 aromatic carbocycles. The van der Waals surface area contributed by atoms with Crippen molar-refractivity contribution in [3.63, 3.8) is 0 Å². The van der Waals surface area contributed by atoms with E-state index in [1.165, 1.54) is 5.56 Å². The van der Waals surface area contributed by atoms with Gasteiger partial charge in [0.15, 0.2) is 5.11 Å². The maximum atomic E-state index is 5.36. The minimum atomic E-state index is 0.528. The number of anilines is 2. The van der Waals surface area contributed by atoms with E-state index in [0.29, 0.717) is 11.0 Å². The molecule has 1 heterocycles. The van der Waals surface area contributed by atoms with Gasteiger partial charge in [0.2, 0.25) is 0 Å². The van der Waals surface area contributed by atoms with Gasteiger partial charge in [0.25, 0.3) is 0 Å². The van der Waals surface area contributed by atoms with Gasteiger partial charge in [0.05, 0.1) is 11.7 Å². The maximum absolute atomic E-state index is 5.36. The predicted molar refractivity (Wildman–Crippen MR) is 96.5 cm³/mol. The summed E-state index contributed by atoms with van der Waals surface area (Å²) < 4.78 is 0. The highest BCUT2D eigenvalue weighted by molar-refractivity contribution is 7.80. The zero-order valence-corrected chi connectivity index (χ0v) is 13.4. The molecule has 0 saturated heterocycles. The fraction of sp³-hybridized carbons (Fsp3) is 0.176. The molecule has 22 heavy (non-hydrogen) atoms. The van der Waals surface area contributed by atoms with Crippen LogP contribution in [0.5, 0.6) is 0 Å². The van der Waals surface area contributed by atoms with Crippen molar-refractivity contribution in [1.82, 2.24) is 10.2 Å². The van der Waals surface area contributed by atoms with Crippen LogP contribution in [0.1, 0.15) is 25.3 Å². The van der Waals surface area contributed by atoms with E-state index in [9.17, 15) is 0 Å². The van der Waals surface area contributed by atoms with Crippen molar-refractivity contribution in [2.45, 2.75) is 19.8 Å². The van der Waals surface area contributed by atoms with Crippen molar-refractivity contribution < 1.29 is 0 Å². The molecule has 0 aliphatic heterocycles. The summed E-state index contributed by atoms with van der Waals surface area (Å²) in [5.41, 5.74) is 4.20. The van der Waals surface area contributed by atoms with Crippen LogP contribution < -0.4 is 10.6 Å². The van der Waals surface area contributed by atoms with Crippen LogP contribution in [0.25, 0.3) is 10.9 Å². The topological polar surface area (TPSA) is 52.7 Å². The minimum absolute atomic E-state index is 0.528. The third-order valence-electron chi connectivity index (χ3n) is 3.54. The Balaban J connectivity index is 1.66. The van der Waals surface area contributed by atoms with E-state index < -0.39 is 0 Å². The molecule has 0 saturated carbocycles. The van der Waals surface area contributed by atoms with Gasteiger partial charge in [-0.2, -0.15) is 5.10 Å². The molecule has 0 atom stereocenters. The normalized spacial score (nSPS) is 10.9. The first-order valence-electron chi connectivity index (χ1n) is 7.23. The van der Waals surface area contributed by atoms with E-state index in [2.05, 4.69) is 46.8 Å². The molecule has 3 N–H and O–H groups in total. The molecule has 5 heteroatoms. The van der Waals surface area contributed by atoms with E-state index in [1.54, 1.807) is 6.20 Å². The summed E-state index contributed by atoms with van der Waals surface area (Å²) in [5.74, 6) is 0.528. The number of nitrogens with zero attached hydrogens (tertiary/aromatic N) is 1. The Labute approximate surface area is 134 Å². The third kappa shape index (κ3) is 3.26. The summed E-state index contributed by atoms with van der Waals surface area (Å²) in [6, 6.07) is 14.3. The molecule has 3 aromatic rings. The Hall–Kier alpha value is -2.40. The highest BCUT2D eigenvalue weighted by atomic mass is 32.1. The first-order valence-corrected chi connectivity index (χ1v) is 7.64. The van der Waals surface area contributed by atoms with Gasteiger partial charge in [-0.15, -0.1) is 0 Å². The number of benzene rings is 2. The second kappa shape index (κ2) is 6.15. The lowest BCUT2D eigenvalue weighted by Crippen LogP contribution is -2.18. The average Bonchev–Trinajstić information content (AvgIpc) is 2.95. The van der Waals surface area contributed by atoms with Gasteiger partial charge in [-0.25, -0.2) is 0 Å². The van der Waals surface area contributed by atoms with Gasteiger partial charge >= 0.3 is 0 Å². The van der Waals surface area contributed by atoms with Gasteiger partial charge < -0.3 is 10.6 Å². The van der Waals surface area contributed by atoms with E-state index >= 15 is 0 Å². The standard InChI is InChI=1S/C17H18N4S/c1-11(2)12-3-6-14(7-4-12)19-17(22)20-15-8-5-13-10-18-21-16(13)9-15/h3-11H,1-2H3,(H,18,21)(H2,19,20,22). The summed E-state index contributed by atoms with van der Waals surface area (Å²) >= 11 is 5.36. The SMILES string of the molecule is CC(C)c1ccc(NC(=S)Nc2ccc3cn[nH]c3c2)cc1. The average molecular weight is 310 g/mol. The summed E-state index contributed by atoms with van der Waals surface area (Å²) in [7, 11) is 0. The molecular formula is C17H18N4S. The number of aromatic nitrogens is 2. The molecule has 0 spiro atoms. The van der Waals surface area contributed by atoms with Crippen LogP contribution >= 0.6 is 12.2 Å². The lowest BCUT2D eigenvalue weighted by Gasteiger charge is -2.12. The lowest BCUT2D eigenvalue weighted by atomic mass is 10.0. The zero-order chi connectivity index (χ0) is 15.5. The number of aromatic amines is 1. The Morgan fingerprint density at radius 2 is 1.73 bits per heavy atom. The zero-order valence-electron chi connectivity index (χ0n) is 12.6. The number of fused-ring (bicyclic) bond motifs is 1. The molecule has 1 aromatic heterocycles. The Bertz CT molecular complexity index is 790. The third-order valence-corrected chi connectivity index (χ3v) is 3.74. The summed E-state index contributed by atoms with van der Waals surface area (Å²) in [6.07, 6.45) is 1.80. The molecule has 0 radical (unpaired) electrons. The number of nitrogens with one attached hydrogen (secondary N) is 3. The van der Waals surface area contributed by atoms with Crippen molar-refractivity contribution in [2.75, 3.05) is 10.6 Å². The number of H-pyrrole nitrogens is 1. The summed E-state index contributed by atoms with van der Waals surface area (Å²) in [4.78, 5) is 0. The first kappa shape index (κ1) is 14.5. The molecule has 0 bridgehead atoms. The van der Waals surface area contributed by atoms with E-state index in [-0.39, 0.29) is 0 Å². The van der Waals surface area contributed by atoms with Crippen molar-refractivity contribution in [2.24, 2.45) is 0 Å². The number of rotatable bonds is 3. The van der Waals surface area contributed by atoms with Crippen LogP contribution in [-0.2, 0) is 0 Å². The smallest absolute Gasteiger partial charge is 0.175 e. The molecule has 112 valence electrons. The van der Waals surface area contributed by atoms with E-state index in [1.807, 2.05) is 30.3 Å². The Morgan fingerprint density at radius 1 is 1.05 bits per heavy atom. The Morgan fingerprint density at radius 3 is 2.45 bits per heavy atom. The van der Waals surface area contributed by atoms with E-state index in [4.69, 9.17) is 12.2 Å². The molecule has 4 nitrogen and oxygen atoms in total. The van der Waals surface area contributed by atoms with Gasteiger partial charge in [0, 0.05) is 16.8 Å². The maximum Gasteiger partial charge on any atom is 0.175 e. The second-order valence-electron chi connectivity index (χ2n) is 5.53. The number of thiocarbonyl (C=S) groups is 1. The van der Waals surface area contributed by atoms with Crippen LogP contribution in [0, 0.1) is 0 Å². The fourth-order valence-corrected chi connectivity index (χ4v) is 2.50. The van der Waals surface area contributed by atoms with Gasteiger partial charge in [-0.05, 0) is 54.0 Å². The fourth-order valence-electron chi connectivity index (χ4n) is 2.26. The summed E-state index contributed by atoms with van der Waals surface area (Å²) in [6.45, 7) is 4.36. The lowest BCUT2D eigenvalue weighted by molar-refractivity contribution is 0.867. The van der Waals surface area contributed by atoms with Crippen molar-refractivity contribution in [1.29, 1.82) is 0 Å². The molecule has 0 unspecified atom stereocenters. The molecule has 0 aliphatic rings. The molecule has 0 fully saturated rings. The van der Waals surface area contributed by atoms with Crippen LogP contribution in [-0.4, -0.2) is 15.3 Å². The second-order valence-corrected chi connectivity index (χ2v) is 5.94. The van der Waals surface area contributed by atoms with Crippen molar-refractivity contribution in [3.8, 4) is 0 Å². The monoisotopic (exact) mass is 310 g/mol. The van der Waals surface area contributed by atoms with E-state index in [0.717, 1.165) is 22.3 Å². The van der Waals surface area contributed by atoms with Crippen LogP contribution in [0.4, 0.5) is 11.4 Å². The van der Waals surface area contributed by atoms with Crippen LogP contribution in [0.2, 0.25) is 0 Å². The number of hydrogen-bond donors (Lipinski definition) is 3. The first-order chi connectivity index (χ1) is 10.6. The van der Waals surface area contributed by atoms with Crippen molar-refractivity contribution in [3.05, 3.63) is 54.2 Å². The van der Waals surface area contributed by atoms with Crippen molar-refractivity contribution >= 4 is 39.6 Å². The molecule has 3 rings (SSSR count). The Kier molecular flexibility index (Phi) is 4.06. The highest BCUT2D eigenvalue weighted by Crippen LogP contribution is 2.19. The quantitative estimate of drug-likeness (QED) is 0.624. The van der Waals surface area contributed by atoms with Crippen LogP contribution in [0.3, 0.4) is 0 Å². The highest BCUT2D eigenvalue weighted by Gasteiger charge is 2.03.